The Balaban J connectivity index is 1.54. The van der Waals surface area contributed by atoms with Gasteiger partial charge in [0.25, 0.3) is 5.91 Å². The molecule has 0 N–H and O–H groups in total. The summed E-state index contributed by atoms with van der Waals surface area (Å²) in [5.74, 6) is 0.285. The van der Waals surface area contributed by atoms with Crippen molar-refractivity contribution in [3.05, 3.63) is 64.7 Å². The van der Waals surface area contributed by atoms with E-state index in [0.29, 0.717) is 28.7 Å². The number of nitrogens with zero attached hydrogens (tertiary/aromatic N) is 4. The molecule has 1 aliphatic rings. The van der Waals surface area contributed by atoms with Crippen molar-refractivity contribution in [2.24, 2.45) is 7.05 Å². The van der Waals surface area contributed by atoms with Gasteiger partial charge in [-0.3, -0.25) is 14.5 Å². The lowest BCUT2D eigenvalue weighted by atomic mass is 10.1. The first-order valence-electron chi connectivity index (χ1n) is 10.2. The van der Waals surface area contributed by atoms with E-state index in [-0.39, 0.29) is 17.1 Å². The zero-order valence-corrected chi connectivity index (χ0v) is 19.0. The van der Waals surface area contributed by atoms with E-state index < -0.39 is 0 Å². The molecule has 0 bridgehead atoms. The van der Waals surface area contributed by atoms with Gasteiger partial charge in [0.05, 0.1) is 5.25 Å². The number of hydrogen-bond donors (Lipinski definition) is 0. The van der Waals surface area contributed by atoms with Gasteiger partial charge in [-0.1, -0.05) is 59.6 Å². The van der Waals surface area contributed by atoms with Crippen LogP contribution in [0.1, 0.15) is 35.2 Å². The van der Waals surface area contributed by atoms with E-state index in [1.807, 2.05) is 42.8 Å². The SMILES string of the molecule is Cc1ccc(-c2nnc(S[C@@H]3CCCCN(C(=O)c4ccc(Cl)cc4)C3=O)n2C)cc1. The van der Waals surface area contributed by atoms with Gasteiger partial charge in [0, 0.05) is 29.7 Å². The molecule has 160 valence electrons. The molecule has 1 aliphatic heterocycles. The predicted octanol–water partition coefficient (Wildman–Crippen LogP) is 4.76. The summed E-state index contributed by atoms with van der Waals surface area (Å²) in [5.41, 5.74) is 2.61. The Morgan fingerprint density at radius 2 is 1.77 bits per heavy atom. The van der Waals surface area contributed by atoms with Gasteiger partial charge in [0.2, 0.25) is 5.91 Å². The molecule has 2 heterocycles. The summed E-state index contributed by atoms with van der Waals surface area (Å²) >= 11 is 7.30. The fraction of sp³-hybridized carbons (Fsp3) is 0.304. The van der Waals surface area contributed by atoms with E-state index in [9.17, 15) is 9.59 Å². The summed E-state index contributed by atoms with van der Waals surface area (Å²) in [5, 5.41) is 9.48. The first-order chi connectivity index (χ1) is 14.9. The van der Waals surface area contributed by atoms with E-state index >= 15 is 0 Å². The molecule has 1 fully saturated rings. The monoisotopic (exact) mass is 454 g/mol. The van der Waals surface area contributed by atoms with Crippen molar-refractivity contribution in [2.45, 2.75) is 36.6 Å². The van der Waals surface area contributed by atoms with E-state index in [1.54, 1.807) is 24.3 Å². The van der Waals surface area contributed by atoms with Crippen molar-refractivity contribution in [2.75, 3.05) is 6.54 Å². The van der Waals surface area contributed by atoms with E-state index in [1.165, 1.54) is 22.2 Å². The topological polar surface area (TPSA) is 68.1 Å². The highest BCUT2D eigenvalue weighted by Crippen LogP contribution is 2.31. The first kappa shape index (κ1) is 21.6. The number of rotatable bonds is 4. The van der Waals surface area contributed by atoms with Crippen LogP contribution in [0.25, 0.3) is 11.4 Å². The number of carbonyl (C=O) groups excluding carboxylic acids is 2. The third-order valence-electron chi connectivity index (χ3n) is 5.37. The molecule has 1 atom stereocenters. The average Bonchev–Trinajstić information content (AvgIpc) is 3.02. The lowest BCUT2D eigenvalue weighted by molar-refractivity contribution is -0.127. The van der Waals surface area contributed by atoms with Crippen molar-refractivity contribution >= 4 is 35.2 Å². The Kier molecular flexibility index (Phi) is 6.43. The summed E-state index contributed by atoms with van der Waals surface area (Å²) in [6.45, 7) is 2.46. The Bertz CT molecular complexity index is 1100. The molecule has 6 nitrogen and oxygen atoms in total. The number of thioether (sulfide) groups is 1. The molecule has 31 heavy (non-hydrogen) atoms. The van der Waals surface area contributed by atoms with Gasteiger partial charge >= 0.3 is 0 Å². The van der Waals surface area contributed by atoms with Gasteiger partial charge in [-0.25, -0.2) is 0 Å². The normalized spacial score (nSPS) is 16.9. The lowest BCUT2D eigenvalue weighted by Gasteiger charge is -2.22. The van der Waals surface area contributed by atoms with Crippen molar-refractivity contribution in [1.82, 2.24) is 19.7 Å². The molecule has 0 spiro atoms. The molecule has 0 unspecified atom stereocenters. The van der Waals surface area contributed by atoms with Crippen LogP contribution in [0.4, 0.5) is 0 Å². The highest BCUT2D eigenvalue weighted by molar-refractivity contribution is 8.00. The molecule has 0 saturated carbocycles. The third-order valence-corrected chi connectivity index (χ3v) is 6.91. The zero-order chi connectivity index (χ0) is 22.0. The van der Waals surface area contributed by atoms with Crippen LogP contribution in [0.2, 0.25) is 5.02 Å². The molecule has 4 rings (SSSR count). The summed E-state index contributed by atoms with van der Waals surface area (Å²) < 4.78 is 1.90. The second-order valence-corrected chi connectivity index (χ2v) is 9.24. The minimum Gasteiger partial charge on any atom is -0.305 e. The molecule has 3 aromatic rings. The smallest absolute Gasteiger partial charge is 0.260 e. The molecule has 2 aromatic carbocycles. The maximum absolute atomic E-state index is 13.3. The second kappa shape index (κ2) is 9.24. The van der Waals surface area contributed by atoms with Crippen LogP contribution in [0.5, 0.6) is 0 Å². The number of aryl methyl sites for hydroxylation is 1. The number of aromatic nitrogens is 3. The predicted molar refractivity (Wildman–Crippen MR) is 122 cm³/mol. The molecule has 1 saturated heterocycles. The largest absolute Gasteiger partial charge is 0.305 e. The molecular weight excluding hydrogens is 432 g/mol. The van der Waals surface area contributed by atoms with Crippen molar-refractivity contribution in [3.8, 4) is 11.4 Å². The van der Waals surface area contributed by atoms with Crippen LogP contribution >= 0.6 is 23.4 Å². The Morgan fingerprint density at radius 3 is 2.48 bits per heavy atom. The van der Waals surface area contributed by atoms with E-state index in [0.717, 1.165) is 24.2 Å². The Morgan fingerprint density at radius 1 is 1.06 bits per heavy atom. The number of hydrogen-bond acceptors (Lipinski definition) is 5. The van der Waals surface area contributed by atoms with Crippen molar-refractivity contribution < 1.29 is 9.59 Å². The van der Waals surface area contributed by atoms with Crippen LogP contribution in [-0.4, -0.2) is 43.3 Å². The van der Waals surface area contributed by atoms with Crippen LogP contribution in [0.15, 0.2) is 53.7 Å². The maximum Gasteiger partial charge on any atom is 0.260 e. The molecular formula is C23H23ClN4O2S. The quantitative estimate of drug-likeness (QED) is 0.532. The van der Waals surface area contributed by atoms with Crippen molar-refractivity contribution in [1.29, 1.82) is 0 Å². The van der Waals surface area contributed by atoms with Gasteiger partial charge in [-0.15, -0.1) is 10.2 Å². The fourth-order valence-corrected chi connectivity index (χ4v) is 4.79. The first-order valence-corrected chi connectivity index (χ1v) is 11.4. The second-order valence-electron chi connectivity index (χ2n) is 7.64. The molecule has 8 heteroatoms. The Hall–Kier alpha value is -2.64. The minimum absolute atomic E-state index is 0.178. The van der Waals surface area contributed by atoms with Crippen LogP contribution in [-0.2, 0) is 11.8 Å². The van der Waals surface area contributed by atoms with Crippen LogP contribution in [0.3, 0.4) is 0 Å². The Labute approximate surface area is 190 Å². The third kappa shape index (κ3) is 4.67. The summed E-state index contributed by atoms with van der Waals surface area (Å²) in [6, 6.07) is 14.7. The van der Waals surface area contributed by atoms with Gasteiger partial charge in [0.15, 0.2) is 11.0 Å². The molecule has 1 aromatic heterocycles. The standard InChI is InChI=1S/C23H23ClN4O2S/c1-15-6-8-16(9-7-15)20-25-26-23(27(20)2)31-19-5-3-4-14-28(22(19)30)21(29)17-10-12-18(24)13-11-17/h6-13,19H,3-5,14H2,1-2H3/t19-/m1/s1. The number of halogens is 1. The maximum atomic E-state index is 13.3. The zero-order valence-electron chi connectivity index (χ0n) is 17.4. The van der Waals surface area contributed by atoms with Crippen LogP contribution in [0, 0.1) is 6.92 Å². The molecule has 2 amide bonds. The number of likely N-dealkylation sites (tertiary alicyclic amines) is 1. The number of carbonyl (C=O) groups is 2. The molecule has 0 radical (unpaired) electrons. The van der Waals surface area contributed by atoms with Gasteiger partial charge < -0.3 is 4.57 Å². The number of benzene rings is 2. The van der Waals surface area contributed by atoms with Crippen molar-refractivity contribution in [3.63, 3.8) is 0 Å². The lowest BCUT2D eigenvalue weighted by Crippen LogP contribution is -2.41. The summed E-state index contributed by atoms with van der Waals surface area (Å²) in [6.07, 6.45) is 2.35. The number of amides is 2. The van der Waals surface area contributed by atoms with E-state index in [4.69, 9.17) is 11.6 Å². The highest BCUT2D eigenvalue weighted by atomic mass is 35.5. The average molecular weight is 455 g/mol. The van der Waals surface area contributed by atoms with Gasteiger partial charge in [-0.05, 0) is 44.0 Å². The fourth-order valence-electron chi connectivity index (χ4n) is 3.57. The summed E-state index contributed by atoms with van der Waals surface area (Å²) in [7, 11) is 1.90. The summed E-state index contributed by atoms with van der Waals surface area (Å²) in [4.78, 5) is 27.6. The molecule has 0 aliphatic carbocycles. The van der Waals surface area contributed by atoms with Gasteiger partial charge in [-0.2, -0.15) is 0 Å². The van der Waals surface area contributed by atoms with E-state index in [2.05, 4.69) is 10.2 Å². The van der Waals surface area contributed by atoms with Gasteiger partial charge in [0.1, 0.15) is 0 Å². The van der Waals surface area contributed by atoms with Crippen LogP contribution < -0.4 is 0 Å². The minimum atomic E-state index is -0.382. The number of imide groups is 1. The highest BCUT2D eigenvalue weighted by Gasteiger charge is 2.33.